The molecule has 1 aromatic rings. The highest BCUT2D eigenvalue weighted by atomic mass is 32.4. The Morgan fingerprint density at radius 1 is 1.16 bits per heavy atom. The number of morpholine rings is 1. The van der Waals surface area contributed by atoms with Crippen LogP contribution < -0.4 is 4.90 Å². The molecule has 1 unspecified atom stereocenters. The Morgan fingerprint density at radius 3 is 2.52 bits per heavy atom. The third-order valence-corrected chi connectivity index (χ3v) is 10.5. The predicted octanol–water partition coefficient (Wildman–Crippen LogP) is 3.20. The van der Waals surface area contributed by atoms with Crippen LogP contribution in [-0.2, 0) is 22.0 Å². The molecule has 0 spiro atoms. The Hall–Kier alpha value is -1.20. The van der Waals surface area contributed by atoms with Gasteiger partial charge < -0.3 is 9.64 Å². The average Bonchev–Trinajstić information content (AvgIpc) is 3.02. The van der Waals surface area contributed by atoms with Crippen molar-refractivity contribution in [3.05, 3.63) is 40.8 Å². The Morgan fingerprint density at radius 2 is 1.84 bits per heavy atom. The third-order valence-electron chi connectivity index (χ3n) is 5.53. The van der Waals surface area contributed by atoms with Crippen molar-refractivity contribution in [1.29, 1.82) is 0 Å². The van der Waals surface area contributed by atoms with E-state index in [1.165, 1.54) is 22.3 Å². The maximum Gasteiger partial charge on any atom is 0.148 e. The normalized spacial score (nSPS) is 31.7. The molecule has 1 fully saturated rings. The van der Waals surface area contributed by atoms with Gasteiger partial charge in [0.05, 0.1) is 24.7 Å². The lowest BCUT2D eigenvalue weighted by atomic mass is 9.84. The fourth-order valence-corrected chi connectivity index (χ4v) is 8.06. The first-order valence-electron chi connectivity index (χ1n) is 8.68. The van der Waals surface area contributed by atoms with Crippen molar-refractivity contribution in [1.82, 2.24) is 9.45 Å². The summed E-state index contributed by atoms with van der Waals surface area (Å²) in [5, 5.41) is 5.86. The van der Waals surface area contributed by atoms with Crippen LogP contribution >= 0.6 is 6.34 Å². The van der Waals surface area contributed by atoms with E-state index >= 15 is 0 Å². The van der Waals surface area contributed by atoms with Crippen molar-refractivity contribution in [2.45, 2.75) is 19.3 Å². The summed E-state index contributed by atoms with van der Waals surface area (Å²) >= 11 is 6.33. The quantitative estimate of drug-likeness (QED) is 0.703. The van der Waals surface area contributed by atoms with Gasteiger partial charge in [0.1, 0.15) is 6.34 Å². The molecular formula is C18H25N4OPS. The van der Waals surface area contributed by atoms with E-state index in [0.717, 1.165) is 26.3 Å². The molecule has 0 aromatic heterocycles. The van der Waals surface area contributed by atoms with Gasteiger partial charge >= 0.3 is 0 Å². The predicted molar refractivity (Wildman–Crippen MR) is 108 cm³/mol. The highest BCUT2D eigenvalue weighted by Crippen LogP contribution is 2.65. The molecule has 0 radical (unpaired) electrons. The van der Waals surface area contributed by atoms with Gasteiger partial charge in [-0.3, -0.25) is 9.45 Å². The Labute approximate surface area is 155 Å². The number of allylic oxidation sites excluding steroid dienone is 2. The monoisotopic (exact) mass is 376 g/mol. The largest absolute Gasteiger partial charge is 0.379 e. The summed E-state index contributed by atoms with van der Waals surface area (Å²) in [6.07, 6.45) is -0.0962. The molecule has 7 heteroatoms. The SMILES string of the molecule is CN1/C(=C2/C=NN(C)P2(=S)N2CCOCC2)C(C)(C)c2ccccc21. The van der Waals surface area contributed by atoms with Crippen molar-refractivity contribution in [3.8, 4) is 0 Å². The van der Waals surface area contributed by atoms with E-state index in [9.17, 15) is 0 Å². The number of fused-ring (bicyclic) bond motifs is 1. The summed E-state index contributed by atoms with van der Waals surface area (Å²) in [5.41, 5.74) is 3.82. The van der Waals surface area contributed by atoms with Crippen molar-refractivity contribution in [2.24, 2.45) is 5.10 Å². The minimum absolute atomic E-state index is 0.0891. The number of nitrogens with zero attached hydrogens (tertiary/aromatic N) is 4. The molecule has 5 nitrogen and oxygen atoms in total. The first kappa shape index (κ1) is 17.2. The minimum atomic E-state index is -2.11. The first-order valence-corrected chi connectivity index (χ1v) is 11.4. The number of anilines is 1. The first-order chi connectivity index (χ1) is 11.9. The van der Waals surface area contributed by atoms with E-state index in [-0.39, 0.29) is 5.41 Å². The van der Waals surface area contributed by atoms with Gasteiger partial charge in [-0.1, -0.05) is 43.9 Å². The van der Waals surface area contributed by atoms with Crippen LogP contribution in [-0.4, -0.2) is 56.1 Å². The Balaban J connectivity index is 1.89. The zero-order valence-corrected chi connectivity index (χ0v) is 17.0. The van der Waals surface area contributed by atoms with Crippen LogP contribution in [0, 0.1) is 0 Å². The number of hydrogen-bond donors (Lipinski definition) is 0. The lowest BCUT2D eigenvalue weighted by molar-refractivity contribution is 0.0731. The molecule has 1 aromatic carbocycles. The van der Waals surface area contributed by atoms with Crippen molar-refractivity contribution in [3.63, 3.8) is 0 Å². The summed E-state index contributed by atoms with van der Waals surface area (Å²) in [7, 11) is 4.18. The third kappa shape index (κ3) is 2.35. The minimum Gasteiger partial charge on any atom is -0.379 e. The second-order valence-corrected chi connectivity index (χ2v) is 11.5. The molecule has 134 valence electrons. The second kappa shape index (κ2) is 5.92. The summed E-state index contributed by atoms with van der Waals surface area (Å²) in [5.74, 6) is 0. The standard InChI is InChI=1S/C18H25N4OPS/c1-18(2)14-7-5-6-8-15(14)20(3)17(18)16-13-19-21(4)24(16,25)22-9-11-23-12-10-22/h5-8,13H,9-12H2,1-4H3/b17-16-. The second-order valence-electron chi connectivity index (χ2n) is 7.28. The number of hydrogen-bond acceptors (Lipinski definition) is 4. The molecule has 3 aliphatic heterocycles. The molecule has 0 bridgehead atoms. The van der Waals surface area contributed by atoms with E-state index in [0.29, 0.717) is 0 Å². The van der Waals surface area contributed by atoms with Gasteiger partial charge in [0.2, 0.25) is 0 Å². The summed E-state index contributed by atoms with van der Waals surface area (Å²) in [6, 6.07) is 8.65. The molecule has 0 N–H and O–H groups in total. The number of rotatable bonds is 1. The lowest BCUT2D eigenvalue weighted by Crippen LogP contribution is -2.37. The van der Waals surface area contributed by atoms with Crippen molar-refractivity contribution in [2.75, 3.05) is 45.3 Å². The van der Waals surface area contributed by atoms with Gasteiger partial charge in [0.25, 0.3) is 0 Å². The van der Waals surface area contributed by atoms with E-state index in [2.05, 4.69) is 59.8 Å². The molecule has 0 aliphatic carbocycles. The fraction of sp³-hybridized carbons (Fsp3) is 0.500. The molecule has 4 rings (SSSR count). The number of likely N-dealkylation sites (N-methyl/N-ethyl adjacent to an activating group) is 1. The van der Waals surface area contributed by atoms with Gasteiger partial charge in [0.15, 0.2) is 0 Å². The molecule has 3 aliphatic rings. The van der Waals surface area contributed by atoms with Crippen LogP contribution in [0.2, 0.25) is 0 Å². The number of para-hydroxylation sites is 1. The van der Waals surface area contributed by atoms with Crippen LogP contribution in [0.4, 0.5) is 5.69 Å². The summed E-state index contributed by atoms with van der Waals surface area (Å²) < 4.78 is 10.0. The van der Waals surface area contributed by atoms with E-state index < -0.39 is 6.34 Å². The number of benzene rings is 1. The van der Waals surface area contributed by atoms with Crippen LogP contribution in [0.15, 0.2) is 40.4 Å². The van der Waals surface area contributed by atoms with Crippen LogP contribution in [0.5, 0.6) is 0 Å². The number of ether oxygens (including phenoxy) is 1. The topological polar surface area (TPSA) is 31.3 Å². The number of hydrazone groups is 1. The van der Waals surface area contributed by atoms with Crippen LogP contribution in [0.25, 0.3) is 0 Å². The zero-order valence-electron chi connectivity index (χ0n) is 15.3. The highest BCUT2D eigenvalue weighted by Gasteiger charge is 2.47. The molecule has 1 atom stereocenters. The van der Waals surface area contributed by atoms with E-state index in [1.54, 1.807) is 0 Å². The highest BCUT2D eigenvalue weighted by molar-refractivity contribution is 8.14. The van der Waals surface area contributed by atoms with E-state index in [1.807, 2.05) is 18.0 Å². The molecule has 0 amide bonds. The molecular weight excluding hydrogens is 351 g/mol. The smallest absolute Gasteiger partial charge is 0.148 e. The van der Waals surface area contributed by atoms with Crippen LogP contribution in [0.3, 0.4) is 0 Å². The van der Waals surface area contributed by atoms with Gasteiger partial charge in [-0.15, -0.1) is 0 Å². The molecule has 25 heavy (non-hydrogen) atoms. The van der Waals surface area contributed by atoms with Gasteiger partial charge in [-0.25, -0.2) is 0 Å². The molecule has 0 saturated carbocycles. The van der Waals surface area contributed by atoms with Crippen LogP contribution in [0.1, 0.15) is 19.4 Å². The lowest BCUT2D eigenvalue weighted by Gasteiger charge is -2.40. The maximum atomic E-state index is 6.33. The van der Waals surface area contributed by atoms with E-state index in [4.69, 9.17) is 16.5 Å². The fourth-order valence-electron chi connectivity index (χ4n) is 4.25. The Bertz CT molecular complexity index is 813. The summed E-state index contributed by atoms with van der Waals surface area (Å²) in [4.78, 5) is 2.32. The maximum absolute atomic E-state index is 6.33. The van der Waals surface area contributed by atoms with Gasteiger partial charge in [-0.2, -0.15) is 5.10 Å². The molecule has 1 saturated heterocycles. The zero-order chi connectivity index (χ0) is 17.8. The molecule has 3 heterocycles. The summed E-state index contributed by atoms with van der Waals surface area (Å²) in [6.45, 7) is 7.83. The van der Waals surface area contributed by atoms with Crippen molar-refractivity contribution < 1.29 is 4.74 Å². The Kier molecular flexibility index (Phi) is 4.08. The van der Waals surface area contributed by atoms with Gasteiger partial charge in [-0.05, 0) is 11.6 Å². The van der Waals surface area contributed by atoms with Crippen molar-refractivity contribution >= 4 is 30.0 Å². The van der Waals surface area contributed by atoms with Gasteiger partial charge in [0, 0.05) is 44.0 Å². The average molecular weight is 376 g/mol.